The summed E-state index contributed by atoms with van der Waals surface area (Å²) in [6, 6.07) is 8.16. The summed E-state index contributed by atoms with van der Waals surface area (Å²) in [5.41, 5.74) is -1.69. The minimum absolute atomic E-state index is 0.272. The molecule has 10 heteroatoms. The third-order valence-corrected chi connectivity index (χ3v) is 5.53. The third kappa shape index (κ3) is 5.15. The van der Waals surface area contributed by atoms with E-state index >= 15 is 0 Å². The highest BCUT2D eigenvalue weighted by Crippen LogP contribution is 2.32. The van der Waals surface area contributed by atoms with Gasteiger partial charge in [-0.1, -0.05) is 37.6 Å². The third-order valence-electron chi connectivity index (χ3n) is 5.53. The molecule has 6 nitrogen and oxygen atoms in total. The van der Waals surface area contributed by atoms with Crippen LogP contribution < -0.4 is 10.6 Å². The van der Waals surface area contributed by atoms with Gasteiger partial charge in [0.15, 0.2) is 0 Å². The van der Waals surface area contributed by atoms with Crippen molar-refractivity contribution in [3.8, 4) is 0 Å². The van der Waals surface area contributed by atoms with E-state index in [1.54, 1.807) is 0 Å². The van der Waals surface area contributed by atoms with Crippen LogP contribution in [0.2, 0.25) is 0 Å². The minimum Gasteiger partial charge on any atom is -0.348 e. The lowest BCUT2D eigenvalue weighted by molar-refractivity contribution is -0.137. The second-order valence-corrected chi connectivity index (χ2v) is 7.99. The van der Waals surface area contributed by atoms with Crippen molar-refractivity contribution >= 4 is 17.8 Å². The summed E-state index contributed by atoms with van der Waals surface area (Å²) in [6.45, 7) is 2.65. The first-order valence-electron chi connectivity index (χ1n) is 10.3. The fraction of sp³-hybridized carbons (Fsp3) is 0.348. The number of alkyl halides is 3. The van der Waals surface area contributed by atoms with E-state index < -0.39 is 53.5 Å². The summed E-state index contributed by atoms with van der Waals surface area (Å²) < 4.78 is 52.5. The number of halogens is 4. The van der Waals surface area contributed by atoms with E-state index in [1.807, 2.05) is 6.92 Å². The van der Waals surface area contributed by atoms with Gasteiger partial charge in [0, 0.05) is 0 Å². The van der Waals surface area contributed by atoms with Crippen LogP contribution in [0.3, 0.4) is 0 Å². The van der Waals surface area contributed by atoms with E-state index in [0.717, 1.165) is 29.2 Å². The van der Waals surface area contributed by atoms with Gasteiger partial charge in [0.2, 0.25) is 5.91 Å². The first kappa shape index (κ1) is 24.2. The van der Waals surface area contributed by atoms with Gasteiger partial charge in [-0.15, -0.1) is 0 Å². The van der Waals surface area contributed by atoms with E-state index in [9.17, 15) is 31.9 Å². The number of nitrogens with one attached hydrogen (secondary N) is 2. The van der Waals surface area contributed by atoms with Crippen LogP contribution in [-0.2, 0) is 21.3 Å². The number of urea groups is 1. The van der Waals surface area contributed by atoms with Gasteiger partial charge in [-0.05, 0) is 48.7 Å². The van der Waals surface area contributed by atoms with Crippen molar-refractivity contribution in [1.82, 2.24) is 15.5 Å². The normalized spacial score (nSPS) is 19.4. The Morgan fingerprint density at radius 1 is 1.15 bits per heavy atom. The highest BCUT2D eigenvalue weighted by Gasteiger charge is 2.49. The predicted octanol–water partition coefficient (Wildman–Crippen LogP) is 4.27. The molecule has 1 aliphatic heterocycles. The number of benzene rings is 2. The van der Waals surface area contributed by atoms with Gasteiger partial charge in [0.25, 0.3) is 5.91 Å². The van der Waals surface area contributed by atoms with Crippen molar-refractivity contribution in [2.24, 2.45) is 0 Å². The van der Waals surface area contributed by atoms with Crippen LogP contribution in [0, 0.1) is 5.82 Å². The van der Waals surface area contributed by atoms with Crippen molar-refractivity contribution in [2.45, 2.75) is 44.4 Å². The molecule has 2 unspecified atom stereocenters. The maximum Gasteiger partial charge on any atom is 0.416 e. The Morgan fingerprint density at radius 3 is 2.42 bits per heavy atom. The first-order valence-corrected chi connectivity index (χ1v) is 10.3. The molecule has 2 atom stereocenters. The molecule has 4 amide bonds. The molecule has 3 rings (SSSR count). The monoisotopic (exact) mass is 465 g/mol. The SMILES string of the molecule is CCCC(NC(=O)CN1C(=O)NC(C)(c2ccc(F)cc2)C1=O)c1cccc(C(F)(F)F)c1. The molecule has 33 heavy (non-hydrogen) atoms. The van der Waals surface area contributed by atoms with Gasteiger partial charge in [-0.25, -0.2) is 9.18 Å². The quantitative estimate of drug-likeness (QED) is 0.474. The van der Waals surface area contributed by atoms with E-state index in [0.29, 0.717) is 18.4 Å². The Labute approximate surface area is 188 Å². The zero-order valence-electron chi connectivity index (χ0n) is 18.0. The van der Waals surface area contributed by atoms with Crippen molar-refractivity contribution in [2.75, 3.05) is 6.54 Å². The molecule has 1 aliphatic rings. The molecule has 0 aliphatic carbocycles. The van der Waals surface area contributed by atoms with Crippen LogP contribution in [0.15, 0.2) is 48.5 Å². The summed E-state index contributed by atoms with van der Waals surface area (Å²) in [7, 11) is 0. The molecule has 1 fully saturated rings. The highest BCUT2D eigenvalue weighted by atomic mass is 19.4. The second kappa shape index (κ2) is 9.21. The number of hydrogen-bond donors (Lipinski definition) is 2. The van der Waals surface area contributed by atoms with Gasteiger partial charge in [0.05, 0.1) is 11.6 Å². The predicted molar refractivity (Wildman–Crippen MR) is 111 cm³/mol. The van der Waals surface area contributed by atoms with E-state index in [2.05, 4.69) is 10.6 Å². The maximum atomic E-state index is 13.2. The number of carbonyl (C=O) groups is 3. The zero-order chi connectivity index (χ0) is 24.4. The molecule has 0 aromatic heterocycles. The Kier molecular flexibility index (Phi) is 6.76. The van der Waals surface area contributed by atoms with Crippen LogP contribution in [-0.4, -0.2) is 29.3 Å². The molecule has 0 spiro atoms. The lowest BCUT2D eigenvalue weighted by Crippen LogP contribution is -2.44. The molecular formula is C23H23F4N3O3. The second-order valence-electron chi connectivity index (χ2n) is 7.99. The number of imide groups is 1. The standard InChI is InChI=1S/C23H23F4N3O3/c1-3-5-18(14-6-4-7-16(12-14)23(25,26)27)28-19(31)13-30-20(32)22(2,29-21(30)33)15-8-10-17(24)11-9-15/h4,6-12,18H,3,5,13H2,1-2H3,(H,28,31)(H,29,33). The molecule has 1 heterocycles. The fourth-order valence-electron chi connectivity index (χ4n) is 3.75. The largest absolute Gasteiger partial charge is 0.416 e. The number of nitrogens with zero attached hydrogens (tertiary/aromatic N) is 1. The smallest absolute Gasteiger partial charge is 0.348 e. The molecule has 2 aromatic carbocycles. The summed E-state index contributed by atoms with van der Waals surface area (Å²) in [6.07, 6.45) is -3.59. The van der Waals surface area contributed by atoms with E-state index in [4.69, 9.17) is 0 Å². The van der Waals surface area contributed by atoms with E-state index in [-0.39, 0.29) is 5.56 Å². The van der Waals surface area contributed by atoms with Crippen LogP contribution in [0.1, 0.15) is 49.4 Å². The molecule has 176 valence electrons. The maximum absolute atomic E-state index is 13.2. The number of hydrogen-bond acceptors (Lipinski definition) is 3. The fourth-order valence-corrected chi connectivity index (χ4v) is 3.75. The average molecular weight is 465 g/mol. The molecule has 2 N–H and O–H groups in total. The van der Waals surface area contributed by atoms with Gasteiger partial charge < -0.3 is 10.6 Å². The summed E-state index contributed by atoms with van der Waals surface area (Å²) in [4.78, 5) is 38.8. The van der Waals surface area contributed by atoms with Crippen molar-refractivity contribution in [3.63, 3.8) is 0 Å². The van der Waals surface area contributed by atoms with Crippen LogP contribution in [0.25, 0.3) is 0 Å². The lowest BCUT2D eigenvalue weighted by atomic mass is 9.92. The van der Waals surface area contributed by atoms with Gasteiger partial charge in [-0.2, -0.15) is 13.2 Å². The number of amides is 4. The molecule has 1 saturated heterocycles. The van der Waals surface area contributed by atoms with Crippen molar-refractivity contribution < 1.29 is 31.9 Å². The van der Waals surface area contributed by atoms with Gasteiger partial charge >= 0.3 is 12.2 Å². The number of carbonyl (C=O) groups excluding carboxylic acids is 3. The number of rotatable bonds is 7. The topological polar surface area (TPSA) is 78.5 Å². The lowest BCUT2D eigenvalue weighted by Gasteiger charge is -2.23. The van der Waals surface area contributed by atoms with Gasteiger partial charge in [-0.3, -0.25) is 14.5 Å². The molecule has 0 saturated carbocycles. The minimum atomic E-state index is -4.53. The Hall–Kier alpha value is -3.43. The van der Waals surface area contributed by atoms with Crippen molar-refractivity contribution in [3.05, 3.63) is 71.0 Å². The zero-order valence-corrected chi connectivity index (χ0v) is 18.0. The highest BCUT2D eigenvalue weighted by molar-refractivity contribution is 6.09. The Morgan fingerprint density at radius 2 is 1.82 bits per heavy atom. The summed E-state index contributed by atoms with van der Waals surface area (Å²) >= 11 is 0. The average Bonchev–Trinajstić information content (AvgIpc) is 2.97. The first-order chi connectivity index (χ1) is 15.5. The molecule has 0 bridgehead atoms. The summed E-state index contributed by atoms with van der Waals surface area (Å²) in [5, 5.41) is 5.14. The molecule has 0 radical (unpaired) electrons. The Balaban J connectivity index is 1.75. The Bertz CT molecular complexity index is 1060. The summed E-state index contributed by atoms with van der Waals surface area (Å²) in [5.74, 6) is -1.90. The van der Waals surface area contributed by atoms with Gasteiger partial charge in [0.1, 0.15) is 17.9 Å². The van der Waals surface area contributed by atoms with Crippen LogP contribution in [0.4, 0.5) is 22.4 Å². The van der Waals surface area contributed by atoms with Crippen molar-refractivity contribution in [1.29, 1.82) is 0 Å². The van der Waals surface area contributed by atoms with Crippen LogP contribution in [0.5, 0.6) is 0 Å². The molecule has 2 aromatic rings. The molecular weight excluding hydrogens is 442 g/mol. The van der Waals surface area contributed by atoms with E-state index in [1.165, 1.54) is 31.2 Å². The van der Waals surface area contributed by atoms with Crippen LogP contribution >= 0.6 is 0 Å².